The Bertz CT molecular complexity index is 1080. The van der Waals surface area contributed by atoms with Crippen LogP contribution in [0.2, 0.25) is 0 Å². The van der Waals surface area contributed by atoms with Crippen LogP contribution in [-0.2, 0) is 42.9 Å². The zero-order chi connectivity index (χ0) is 31.4. The summed E-state index contributed by atoms with van der Waals surface area (Å²) in [6.45, 7) is 5.89. The molecule has 12 nitrogen and oxygen atoms in total. The van der Waals surface area contributed by atoms with Gasteiger partial charge in [-0.3, -0.25) is 14.4 Å². The Balaban J connectivity index is 2.29. The fourth-order valence-corrected chi connectivity index (χ4v) is 4.26. The van der Waals surface area contributed by atoms with E-state index < -0.39 is 84.5 Å². The lowest BCUT2D eigenvalue weighted by Crippen LogP contribution is -2.57. The monoisotopic (exact) mass is 599 g/mol. The van der Waals surface area contributed by atoms with Crippen molar-refractivity contribution in [2.75, 3.05) is 13.2 Å². The number of rotatable bonds is 15. The Morgan fingerprint density at radius 1 is 0.976 bits per heavy atom. The molecule has 1 aromatic rings. The molecule has 0 aliphatic carbocycles. The maximum atomic E-state index is 15.1. The van der Waals surface area contributed by atoms with Gasteiger partial charge in [-0.05, 0) is 43.9 Å². The first kappa shape index (κ1) is 34.7. The zero-order valence-corrected chi connectivity index (χ0v) is 24.5. The van der Waals surface area contributed by atoms with Gasteiger partial charge in [0.15, 0.2) is 23.7 Å². The lowest BCUT2D eigenvalue weighted by molar-refractivity contribution is -0.262. The van der Waals surface area contributed by atoms with Crippen LogP contribution in [0.5, 0.6) is 11.5 Å². The molecule has 6 atom stereocenters. The maximum absolute atomic E-state index is 15.1. The largest absolute Gasteiger partial charge is 0.504 e. The lowest BCUT2D eigenvalue weighted by Gasteiger charge is -2.41. The molecule has 2 unspecified atom stereocenters. The van der Waals surface area contributed by atoms with Gasteiger partial charge < -0.3 is 39.6 Å². The van der Waals surface area contributed by atoms with Gasteiger partial charge in [-0.1, -0.05) is 26.8 Å². The smallest absolute Gasteiger partial charge is 0.328 e. The van der Waals surface area contributed by atoms with E-state index in [4.69, 9.17) is 29.4 Å². The highest BCUT2D eigenvalue weighted by Gasteiger charge is 2.49. The second-order valence-electron chi connectivity index (χ2n) is 10.5. The maximum Gasteiger partial charge on any atom is 0.328 e. The number of ether oxygens (including phenoxy) is 5. The van der Waals surface area contributed by atoms with Gasteiger partial charge in [0.2, 0.25) is 6.29 Å². The fourth-order valence-electron chi connectivity index (χ4n) is 4.26. The van der Waals surface area contributed by atoms with Crippen LogP contribution in [0.15, 0.2) is 18.2 Å². The van der Waals surface area contributed by atoms with Crippen molar-refractivity contribution in [2.45, 2.75) is 103 Å². The standard InChI is InChI=1S/C29H42FNO11/c1-5-8-23(34)38-15-18-26(41-25(36)10-7-3)22(40-24(35)9-6-2)16-39-27(18)42-28(37)29(4,31)14-19(30)17-11-12-20(32)21(33)13-17/h11-13,18-19,22,26-27,32-33H,5-10,14-16,31H2,1-4H3/t18-,19?,22-,26-,27?,29+/m1/s1. The van der Waals surface area contributed by atoms with E-state index in [-0.39, 0.29) is 31.4 Å². The molecule has 236 valence electrons. The number of carbonyl (C=O) groups excluding carboxylic acids is 4. The molecule has 1 heterocycles. The Morgan fingerprint density at radius 2 is 1.57 bits per heavy atom. The van der Waals surface area contributed by atoms with E-state index in [0.717, 1.165) is 12.1 Å². The fraction of sp³-hybridized carbons (Fsp3) is 0.655. The van der Waals surface area contributed by atoms with Gasteiger partial charge >= 0.3 is 23.9 Å². The lowest BCUT2D eigenvalue weighted by atomic mass is 9.92. The normalized spacial score (nSPS) is 22.3. The molecule has 0 spiro atoms. The van der Waals surface area contributed by atoms with Gasteiger partial charge in [0, 0.05) is 25.7 Å². The molecule has 0 saturated carbocycles. The summed E-state index contributed by atoms with van der Waals surface area (Å²) in [5.41, 5.74) is 4.22. The summed E-state index contributed by atoms with van der Waals surface area (Å²) in [7, 11) is 0. The summed E-state index contributed by atoms with van der Waals surface area (Å²) >= 11 is 0. The quantitative estimate of drug-likeness (QED) is 0.152. The highest BCUT2D eigenvalue weighted by molar-refractivity contribution is 5.80. The van der Waals surface area contributed by atoms with Crippen molar-refractivity contribution in [1.29, 1.82) is 0 Å². The minimum Gasteiger partial charge on any atom is -0.504 e. The summed E-state index contributed by atoms with van der Waals surface area (Å²) in [5.74, 6) is -4.84. The van der Waals surface area contributed by atoms with E-state index in [2.05, 4.69) is 0 Å². The molecule has 0 radical (unpaired) electrons. The molecule has 1 fully saturated rings. The van der Waals surface area contributed by atoms with Gasteiger partial charge in [-0.15, -0.1) is 0 Å². The van der Waals surface area contributed by atoms with Crippen molar-refractivity contribution in [3.8, 4) is 11.5 Å². The van der Waals surface area contributed by atoms with Crippen LogP contribution in [0.3, 0.4) is 0 Å². The topological polar surface area (TPSA) is 181 Å². The molecule has 1 aromatic carbocycles. The van der Waals surface area contributed by atoms with Crippen LogP contribution in [-0.4, -0.2) is 71.3 Å². The number of nitrogens with two attached hydrogens (primary N) is 1. The summed E-state index contributed by atoms with van der Waals surface area (Å²) < 4.78 is 42.9. The molecule has 4 N–H and O–H groups in total. The first-order valence-electron chi connectivity index (χ1n) is 14.1. The Labute approximate surface area is 244 Å². The highest BCUT2D eigenvalue weighted by atomic mass is 19.1. The first-order chi connectivity index (χ1) is 19.8. The number of alkyl halides is 1. The van der Waals surface area contributed by atoms with Crippen LogP contribution in [0.4, 0.5) is 4.39 Å². The number of hydrogen-bond donors (Lipinski definition) is 3. The van der Waals surface area contributed by atoms with Gasteiger partial charge in [0.1, 0.15) is 18.3 Å². The number of hydrogen-bond acceptors (Lipinski definition) is 12. The van der Waals surface area contributed by atoms with E-state index in [1.54, 1.807) is 20.8 Å². The second kappa shape index (κ2) is 16.3. The van der Waals surface area contributed by atoms with E-state index in [9.17, 15) is 29.4 Å². The summed E-state index contributed by atoms with van der Waals surface area (Å²) in [6, 6.07) is 3.36. The molecule has 0 aromatic heterocycles. The van der Waals surface area contributed by atoms with Gasteiger partial charge in [0.25, 0.3) is 0 Å². The molecule has 2 rings (SSSR count). The van der Waals surface area contributed by atoms with E-state index in [0.29, 0.717) is 19.3 Å². The third-order valence-corrected chi connectivity index (χ3v) is 6.57. The number of halogens is 1. The van der Waals surface area contributed by atoms with Crippen molar-refractivity contribution < 1.29 is 57.5 Å². The zero-order valence-electron chi connectivity index (χ0n) is 24.5. The van der Waals surface area contributed by atoms with Crippen molar-refractivity contribution in [3.63, 3.8) is 0 Å². The average Bonchev–Trinajstić information content (AvgIpc) is 2.91. The van der Waals surface area contributed by atoms with Crippen molar-refractivity contribution >= 4 is 23.9 Å². The van der Waals surface area contributed by atoms with Crippen LogP contribution < -0.4 is 5.73 Å². The van der Waals surface area contributed by atoms with Gasteiger partial charge in [-0.2, -0.15) is 0 Å². The van der Waals surface area contributed by atoms with E-state index in [1.165, 1.54) is 13.0 Å². The van der Waals surface area contributed by atoms with E-state index in [1.807, 2.05) is 0 Å². The van der Waals surface area contributed by atoms with Crippen LogP contribution in [0.25, 0.3) is 0 Å². The number of esters is 4. The summed E-state index contributed by atoms with van der Waals surface area (Å²) in [6.07, 6.45) is -4.32. The molecular weight excluding hydrogens is 557 g/mol. The molecular formula is C29H42FNO11. The van der Waals surface area contributed by atoms with Gasteiger partial charge in [-0.25, -0.2) is 9.18 Å². The first-order valence-corrected chi connectivity index (χ1v) is 14.1. The number of phenols is 2. The van der Waals surface area contributed by atoms with Crippen LogP contribution in [0.1, 0.15) is 84.4 Å². The predicted octanol–water partition coefficient (Wildman–Crippen LogP) is 3.50. The van der Waals surface area contributed by atoms with Gasteiger partial charge in [0.05, 0.1) is 12.5 Å². The molecule has 1 saturated heterocycles. The molecule has 42 heavy (non-hydrogen) atoms. The number of phenolic OH excluding ortho intramolecular Hbond substituents is 2. The van der Waals surface area contributed by atoms with Crippen molar-refractivity contribution in [2.24, 2.45) is 11.7 Å². The second-order valence-corrected chi connectivity index (χ2v) is 10.5. The summed E-state index contributed by atoms with van der Waals surface area (Å²) in [5, 5.41) is 19.2. The molecule has 1 aliphatic rings. The number of aromatic hydroxyl groups is 2. The Kier molecular flexibility index (Phi) is 13.4. The average molecular weight is 600 g/mol. The third kappa shape index (κ3) is 10.1. The molecule has 1 aliphatic heterocycles. The number of carbonyl (C=O) groups is 4. The Hall–Kier alpha value is -3.45. The molecule has 0 bridgehead atoms. The minimum absolute atomic E-state index is 0.0240. The molecule has 13 heteroatoms. The predicted molar refractivity (Wildman–Crippen MR) is 146 cm³/mol. The third-order valence-electron chi connectivity index (χ3n) is 6.57. The molecule has 0 amide bonds. The van der Waals surface area contributed by atoms with E-state index >= 15 is 4.39 Å². The van der Waals surface area contributed by atoms with Crippen molar-refractivity contribution in [1.82, 2.24) is 0 Å². The number of benzene rings is 1. The van der Waals surface area contributed by atoms with Crippen LogP contribution >= 0.6 is 0 Å². The SMILES string of the molecule is CCCC(=O)OC[C@H]1C(OC(=O)[C@@](C)(N)CC(F)c2ccc(O)c(O)c2)OC[C@@H](OC(=O)CCC)[C@@H]1OC(=O)CCC. The van der Waals surface area contributed by atoms with Crippen LogP contribution in [0, 0.1) is 5.92 Å². The minimum atomic E-state index is -1.90. The summed E-state index contributed by atoms with van der Waals surface area (Å²) in [4.78, 5) is 50.2. The highest BCUT2D eigenvalue weighted by Crippen LogP contribution is 2.34. The Morgan fingerprint density at radius 3 is 2.17 bits per heavy atom. The van der Waals surface area contributed by atoms with Crippen molar-refractivity contribution in [3.05, 3.63) is 23.8 Å².